The van der Waals surface area contributed by atoms with Crippen LogP contribution >= 0.6 is 15.9 Å². The molecular weight excluding hydrogens is 404 g/mol. The summed E-state index contributed by atoms with van der Waals surface area (Å²) in [6.07, 6.45) is 7.39. The van der Waals surface area contributed by atoms with Crippen molar-refractivity contribution in [1.29, 1.82) is 5.26 Å². The zero-order valence-electron chi connectivity index (χ0n) is 15.6. The zero-order chi connectivity index (χ0) is 19.5. The van der Waals surface area contributed by atoms with Gasteiger partial charge >= 0.3 is 0 Å². The van der Waals surface area contributed by atoms with Gasteiger partial charge in [-0.1, -0.05) is 39.0 Å². The van der Waals surface area contributed by atoms with Crippen molar-refractivity contribution in [2.24, 2.45) is 0 Å². The number of anilines is 1. The van der Waals surface area contributed by atoms with Gasteiger partial charge in [0.25, 0.3) is 5.91 Å². The Kier molecular flexibility index (Phi) is 8.86. The lowest BCUT2D eigenvalue weighted by molar-refractivity contribution is 0.102. The highest BCUT2D eigenvalue weighted by molar-refractivity contribution is 9.10. The van der Waals surface area contributed by atoms with Gasteiger partial charge < -0.3 is 10.1 Å². The maximum atomic E-state index is 12.4. The van der Waals surface area contributed by atoms with Crippen LogP contribution in [0.3, 0.4) is 0 Å². The quantitative estimate of drug-likeness (QED) is 0.450. The molecule has 1 N–H and O–H groups in total. The third kappa shape index (κ3) is 7.07. The number of carbonyl (C=O) groups is 1. The van der Waals surface area contributed by atoms with Gasteiger partial charge in [-0.15, -0.1) is 0 Å². The van der Waals surface area contributed by atoms with Crippen molar-refractivity contribution >= 4 is 27.5 Å². The number of rotatable bonds is 10. The SMILES string of the molecule is CCCCCCCCOc1ccc(C(=O)Nc2ccc(C#N)cc2Br)cc1. The molecule has 0 aromatic heterocycles. The predicted octanol–water partition coefficient (Wildman–Crippen LogP) is 6.31. The molecule has 4 nitrogen and oxygen atoms in total. The lowest BCUT2D eigenvalue weighted by Crippen LogP contribution is -2.12. The number of carbonyl (C=O) groups excluding carboxylic acids is 1. The van der Waals surface area contributed by atoms with Crippen molar-refractivity contribution in [3.63, 3.8) is 0 Å². The van der Waals surface area contributed by atoms with Crippen molar-refractivity contribution in [2.75, 3.05) is 11.9 Å². The van der Waals surface area contributed by atoms with Crippen LogP contribution in [-0.2, 0) is 0 Å². The second kappa shape index (κ2) is 11.4. The minimum Gasteiger partial charge on any atom is -0.494 e. The molecule has 5 heteroatoms. The monoisotopic (exact) mass is 428 g/mol. The van der Waals surface area contributed by atoms with Crippen molar-refractivity contribution in [2.45, 2.75) is 45.4 Å². The molecule has 1 amide bonds. The van der Waals surface area contributed by atoms with E-state index in [1.165, 1.54) is 32.1 Å². The maximum Gasteiger partial charge on any atom is 0.255 e. The number of amides is 1. The minimum atomic E-state index is -0.206. The molecule has 0 aliphatic heterocycles. The van der Waals surface area contributed by atoms with E-state index in [-0.39, 0.29) is 5.91 Å². The fraction of sp³-hybridized carbons (Fsp3) is 0.364. The van der Waals surface area contributed by atoms with Gasteiger partial charge in [0.15, 0.2) is 0 Å². The molecule has 0 heterocycles. The molecule has 142 valence electrons. The average molecular weight is 429 g/mol. The van der Waals surface area contributed by atoms with Gasteiger partial charge in [-0.25, -0.2) is 0 Å². The molecule has 0 unspecified atom stereocenters. The van der Waals surface area contributed by atoms with E-state index in [4.69, 9.17) is 10.00 Å². The number of nitrogens with one attached hydrogen (secondary N) is 1. The molecule has 2 rings (SSSR count). The smallest absolute Gasteiger partial charge is 0.255 e. The molecule has 0 saturated carbocycles. The number of ether oxygens (including phenoxy) is 1. The first-order valence-electron chi connectivity index (χ1n) is 9.38. The van der Waals surface area contributed by atoms with Crippen LogP contribution in [0, 0.1) is 11.3 Å². The highest BCUT2D eigenvalue weighted by Crippen LogP contribution is 2.24. The maximum absolute atomic E-state index is 12.4. The Bertz CT molecular complexity index is 782. The molecule has 0 radical (unpaired) electrons. The summed E-state index contributed by atoms with van der Waals surface area (Å²) in [5.74, 6) is 0.572. The van der Waals surface area contributed by atoms with E-state index in [0.29, 0.717) is 27.9 Å². The summed E-state index contributed by atoms with van der Waals surface area (Å²) in [5, 5.41) is 11.7. The molecule has 0 saturated heterocycles. The summed E-state index contributed by atoms with van der Waals surface area (Å²) in [7, 11) is 0. The van der Waals surface area contributed by atoms with Crippen LogP contribution < -0.4 is 10.1 Å². The lowest BCUT2D eigenvalue weighted by Gasteiger charge is -2.09. The van der Waals surface area contributed by atoms with Gasteiger partial charge in [-0.05, 0) is 64.8 Å². The fourth-order valence-electron chi connectivity index (χ4n) is 2.66. The molecule has 0 fully saturated rings. The summed E-state index contributed by atoms with van der Waals surface area (Å²) in [6, 6.07) is 14.3. The first-order chi connectivity index (χ1) is 13.1. The summed E-state index contributed by atoms with van der Waals surface area (Å²) in [4.78, 5) is 12.4. The van der Waals surface area contributed by atoms with E-state index in [0.717, 1.165) is 12.2 Å². The molecule has 2 aromatic carbocycles. The Morgan fingerprint density at radius 3 is 2.44 bits per heavy atom. The van der Waals surface area contributed by atoms with E-state index in [1.54, 1.807) is 30.3 Å². The van der Waals surface area contributed by atoms with Gasteiger partial charge in [0, 0.05) is 10.0 Å². The highest BCUT2D eigenvalue weighted by Gasteiger charge is 2.09. The Hall–Kier alpha value is -2.32. The van der Waals surface area contributed by atoms with E-state index < -0.39 is 0 Å². The van der Waals surface area contributed by atoms with E-state index in [2.05, 4.69) is 34.2 Å². The number of nitrogens with zero attached hydrogens (tertiary/aromatic N) is 1. The van der Waals surface area contributed by atoms with Crippen molar-refractivity contribution in [3.05, 3.63) is 58.1 Å². The second-order valence-electron chi connectivity index (χ2n) is 6.40. The fourth-order valence-corrected chi connectivity index (χ4v) is 3.13. The molecule has 2 aromatic rings. The molecule has 27 heavy (non-hydrogen) atoms. The molecule has 0 aliphatic carbocycles. The van der Waals surface area contributed by atoms with Crippen molar-refractivity contribution in [3.8, 4) is 11.8 Å². The average Bonchev–Trinajstić information content (AvgIpc) is 2.69. The normalized spacial score (nSPS) is 10.3. The number of benzene rings is 2. The van der Waals surface area contributed by atoms with Gasteiger partial charge in [-0.3, -0.25) is 4.79 Å². The largest absolute Gasteiger partial charge is 0.494 e. The van der Waals surface area contributed by atoms with Crippen LogP contribution in [0.2, 0.25) is 0 Å². The van der Waals surface area contributed by atoms with Crippen molar-refractivity contribution < 1.29 is 9.53 Å². The van der Waals surface area contributed by atoms with Crippen molar-refractivity contribution in [1.82, 2.24) is 0 Å². The Morgan fingerprint density at radius 1 is 1.07 bits per heavy atom. The Morgan fingerprint density at radius 2 is 1.78 bits per heavy atom. The van der Waals surface area contributed by atoms with Gasteiger partial charge in [0.1, 0.15) is 5.75 Å². The van der Waals surface area contributed by atoms with Crippen LogP contribution in [0.25, 0.3) is 0 Å². The summed E-state index contributed by atoms with van der Waals surface area (Å²) in [6.45, 7) is 2.92. The first kappa shape index (κ1) is 21.0. The van der Waals surface area contributed by atoms with Crippen LogP contribution in [0.4, 0.5) is 5.69 Å². The first-order valence-corrected chi connectivity index (χ1v) is 10.2. The Labute approximate surface area is 169 Å². The van der Waals surface area contributed by atoms with E-state index >= 15 is 0 Å². The number of hydrogen-bond acceptors (Lipinski definition) is 3. The molecular formula is C22H25BrN2O2. The summed E-state index contributed by atoms with van der Waals surface area (Å²) >= 11 is 3.37. The third-order valence-electron chi connectivity index (χ3n) is 4.23. The van der Waals surface area contributed by atoms with Crippen LogP contribution in [0.1, 0.15) is 61.4 Å². The van der Waals surface area contributed by atoms with Gasteiger partial charge in [0.2, 0.25) is 0 Å². The Balaban J connectivity index is 1.80. The third-order valence-corrected chi connectivity index (χ3v) is 4.89. The van der Waals surface area contributed by atoms with Crippen LogP contribution in [0.15, 0.2) is 46.9 Å². The molecule has 0 spiro atoms. The van der Waals surface area contributed by atoms with Crippen LogP contribution in [0.5, 0.6) is 5.75 Å². The van der Waals surface area contributed by atoms with Gasteiger partial charge in [-0.2, -0.15) is 5.26 Å². The number of unbranched alkanes of at least 4 members (excludes halogenated alkanes) is 5. The number of nitriles is 1. The van der Waals surface area contributed by atoms with Crippen LogP contribution in [-0.4, -0.2) is 12.5 Å². The van der Waals surface area contributed by atoms with E-state index in [1.807, 2.05) is 12.1 Å². The standard InChI is InChI=1S/C22H25BrN2O2/c1-2-3-4-5-6-7-14-27-19-11-9-18(10-12-19)22(26)25-21-13-8-17(16-24)15-20(21)23/h8-13,15H,2-7,14H2,1H3,(H,25,26). The molecule has 0 atom stereocenters. The number of hydrogen-bond donors (Lipinski definition) is 1. The zero-order valence-corrected chi connectivity index (χ0v) is 17.2. The van der Waals surface area contributed by atoms with E-state index in [9.17, 15) is 4.79 Å². The second-order valence-corrected chi connectivity index (χ2v) is 7.26. The lowest BCUT2D eigenvalue weighted by atomic mass is 10.1. The number of halogens is 1. The topological polar surface area (TPSA) is 62.1 Å². The predicted molar refractivity (Wildman–Crippen MR) is 112 cm³/mol. The molecule has 0 bridgehead atoms. The molecule has 0 aliphatic rings. The van der Waals surface area contributed by atoms with Gasteiger partial charge in [0.05, 0.1) is 23.9 Å². The summed E-state index contributed by atoms with van der Waals surface area (Å²) < 4.78 is 6.42. The highest BCUT2D eigenvalue weighted by atomic mass is 79.9. The minimum absolute atomic E-state index is 0.206. The summed E-state index contributed by atoms with van der Waals surface area (Å²) in [5.41, 5.74) is 1.72.